The van der Waals surface area contributed by atoms with Crippen LogP contribution in [0.3, 0.4) is 0 Å². The van der Waals surface area contributed by atoms with Crippen LogP contribution >= 0.6 is 11.8 Å². The maximum Gasteiger partial charge on any atom is 0.261 e. The van der Waals surface area contributed by atoms with Gasteiger partial charge in [-0.3, -0.25) is 9.52 Å². The number of nitrogens with one attached hydrogen (secondary N) is 2. The van der Waals surface area contributed by atoms with E-state index < -0.39 is 21.1 Å². The molecule has 2 N–H and O–H groups in total. The van der Waals surface area contributed by atoms with E-state index in [1.54, 1.807) is 33.3 Å². The second-order valence-electron chi connectivity index (χ2n) is 6.90. The van der Waals surface area contributed by atoms with Crippen molar-refractivity contribution in [1.29, 1.82) is 0 Å². The molecule has 0 saturated heterocycles. The molecule has 0 fully saturated rings. The lowest BCUT2D eigenvalue weighted by atomic mass is 10.3. The van der Waals surface area contributed by atoms with Gasteiger partial charge in [0.2, 0.25) is 5.91 Å². The lowest BCUT2D eigenvalue weighted by molar-refractivity contribution is -0.115. The number of hydrogen-bond acceptors (Lipinski definition) is 6. The molecule has 1 amide bonds. The average Bonchev–Trinajstić information content (AvgIpc) is 2.80. The first-order valence-corrected chi connectivity index (χ1v) is 12.2. The Hall–Kier alpha value is -3.24. The smallest absolute Gasteiger partial charge is 0.261 e. The van der Waals surface area contributed by atoms with Gasteiger partial charge in [-0.2, -0.15) is 0 Å². The van der Waals surface area contributed by atoms with Crippen LogP contribution in [-0.2, 0) is 14.8 Å². The lowest BCUT2D eigenvalue weighted by Crippen LogP contribution is -2.22. The number of rotatable bonds is 9. The highest BCUT2D eigenvalue weighted by molar-refractivity contribution is 8.00. The Kier molecular flexibility index (Phi) is 7.83. The van der Waals surface area contributed by atoms with Gasteiger partial charge in [0.25, 0.3) is 10.0 Å². The van der Waals surface area contributed by atoms with E-state index in [1.165, 1.54) is 48.2 Å². The van der Waals surface area contributed by atoms with Crippen LogP contribution in [0.4, 0.5) is 15.8 Å². The van der Waals surface area contributed by atoms with E-state index in [0.717, 1.165) is 17.0 Å². The standard InChI is InChI=1S/C23H23FN2O5S2/c1-15(32-19-10-13-21(30-2)22(14-19)31-3)23(27)25-17-8-11-20(12-9-17)33(28,29)26-18-6-4-16(24)5-7-18/h4-15,26H,1-3H3,(H,25,27)/t15-/m0/s1. The third-order valence-corrected chi connectivity index (χ3v) is 7.06. The number of methoxy groups -OCH3 is 2. The summed E-state index contributed by atoms with van der Waals surface area (Å²) in [7, 11) is -0.757. The maximum absolute atomic E-state index is 13.0. The topological polar surface area (TPSA) is 93.7 Å². The molecule has 33 heavy (non-hydrogen) atoms. The maximum atomic E-state index is 13.0. The molecule has 0 aliphatic heterocycles. The molecule has 0 aromatic heterocycles. The van der Waals surface area contributed by atoms with Crippen molar-refractivity contribution in [3.05, 3.63) is 72.5 Å². The summed E-state index contributed by atoms with van der Waals surface area (Å²) >= 11 is 1.35. The van der Waals surface area contributed by atoms with Crippen molar-refractivity contribution in [2.75, 3.05) is 24.3 Å². The number of sulfonamides is 1. The number of hydrogen-bond donors (Lipinski definition) is 2. The van der Waals surface area contributed by atoms with Crippen molar-refractivity contribution in [3.8, 4) is 11.5 Å². The predicted octanol–water partition coefficient (Wildman–Crippen LogP) is 4.76. The molecule has 0 bridgehead atoms. The highest BCUT2D eigenvalue weighted by Gasteiger charge is 2.18. The molecule has 10 heteroatoms. The van der Waals surface area contributed by atoms with E-state index in [9.17, 15) is 17.6 Å². The van der Waals surface area contributed by atoms with Crippen molar-refractivity contribution in [2.45, 2.75) is 22.0 Å². The van der Waals surface area contributed by atoms with Gasteiger partial charge < -0.3 is 14.8 Å². The number of carbonyl (C=O) groups is 1. The molecule has 0 unspecified atom stereocenters. The molecule has 0 saturated carbocycles. The molecular formula is C23H23FN2O5S2. The Bertz CT molecular complexity index is 1220. The van der Waals surface area contributed by atoms with Crippen LogP contribution in [0.2, 0.25) is 0 Å². The first-order chi connectivity index (χ1) is 15.7. The molecule has 3 aromatic carbocycles. The molecule has 7 nitrogen and oxygen atoms in total. The zero-order valence-electron chi connectivity index (χ0n) is 18.2. The normalized spacial score (nSPS) is 12.0. The van der Waals surface area contributed by atoms with E-state index >= 15 is 0 Å². The molecule has 3 rings (SSSR count). The average molecular weight is 491 g/mol. The monoisotopic (exact) mass is 490 g/mol. The first kappa shape index (κ1) is 24.4. The Morgan fingerprint density at radius 1 is 0.909 bits per heavy atom. The summed E-state index contributed by atoms with van der Waals surface area (Å²) < 4.78 is 50.9. The Labute approximate surface area is 196 Å². The van der Waals surface area contributed by atoms with Gasteiger partial charge in [0.05, 0.1) is 24.4 Å². The fourth-order valence-corrected chi connectivity index (χ4v) is 4.80. The molecule has 0 aliphatic carbocycles. The van der Waals surface area contributed by atoms with Gasteiger partial charge in [-0.25, -0.2) is 12.8 Å². The molecule has 0 radical (unpaired) electrons. The summed E-state index contributed by atoms with van der Waals surface area (Å²) in [5, 5.41) is 2.35. The van der Waals surface area contributed by atoms with E-state index in [0.29, 0.717) is 17.2 Å². The Balaban J connectivity index is 1.63. The number of halogens is 1. The summed E-state index contributed by atoms with van der Waals surface area (Å²) in [6.45, 7) is 1.77. The minimum atomic E-state index is -3.85. The van der Waals surface area contributed by atoms with Crippen LogP contribution in [-0.4, -0.2) is 33.8 Å². The van der Waals surface area contributed by atoms with E-state index in [1.807, 2.05) is 6.07 Å². The highest BCUT2D eigenvalue weighted by atomic mass is 32.2. The van der Waals surface area contributed by atoms with Gasteiger partial charge in [0.15, 0.2) is 11.5 Å². The van der Waals surface area contributed by atoms with Crippen LogP contribution in [0, 0.1) is 5.82 Å². The second kappa shape index (κ2) is 10.6. The highest BCUT2D eigenvalue weighted by Crippen LogP contribution is 2.33. The molecule has 0 heterocycles. The molecule has 0 spiro atoms. The zero-order valence-corrected chi connectivity index (χ0v) is 19.8. The van der Waals surface area contributed by atoms with Crippen LogP contribution in [0.5, 0.6) is 11.5 Å². The molecule has 1 atom stereocenters. The Morgan fingerprint density at radius 2 is 1.52 bits per heavy atom. The van der Waals surface area contributed by atoms with E-state index in [4.69, 9.17) is 9.47 Å². The van der Waals surface area contributed by atoms with Crippen molar-refractivity contribution >= 4 is 39.1 Å². The van der Waals surface area contributed by atoms with Gasteiger partial charge >= 0.3 is 0 Å². The SMILES string of the molecule is COc1ccc(S[C@@H](C)C(=O)Nc2ccc(S(=O)(=O)Nc3ccc(F)cc3)cc2)cc1OC. The van der Waals surface area contributed by atoms with Gasteiger partial charge in [-0.05, 0) is 73.7 Å². The van der Waals surface area contributed by atoms with Gasteiger partial charge in [-0.15, -0.1) is 11.8 Å². The van der Waals surface area contributed by atoms with E-state index in [2.05, 4.69) is 10.0 Å². The van der Waals surface area contributed by atoms with Crippen molar-refractivity contribution in [3.63, 3.8) is 0 Å². The molecule has 3 aromatic rings. The zero-order chi connectivity index (χ0) is 24.0. The summed E-state index contributed by atoms with van der Waals surface area (Å²) in [5.41, 5.74) is 0.704. The van der Waals surface area contributed by atoms with Gasteiger partial charge in [-0.1, -0.05) is 0 Å². The summed E-state index contributed by atoms with van der Waals surface area (Å²) in [5.74, 6) is 0.468. The quantitative estimate of drug-likeness (QED) is 0.420. The fraction of sp³-hybridized carbons (Fsp3) is 0.174. The summed E-state index contributed by atoms with van der Waals surface area (Å²) in [6, 6.07) is 16.2. The minimum absolute atomic E-state index is 0.0116. The summed E-state index contributed by atoms with van der Waals surface area (Å²) in [4.78, 5) is 13.4. The van der Waals surface area contributed by atoms with Crippen LogP contribution < -0.4 is 19.5 Å². The molecular weight excluding hydrogens is 467 g/mol. The second-order valence-corrected chi connectivity index (χ2v) is 10.00. The van der Waals surface area contributed by atoms with Crippen molar-refractivity contribution in [2.24, 2.45) is 0 Å². The van der Waals surface area contributed by atoms with Gasteiger partial charge in [0.1, 0.15) is 5.82 Å². The fourth-order valence-electron chi connectivity index (χ4n) is 2.84. The predicted molar refractivity (Wildman–Crippen MR) is 127 cm³/mol. The number of anilines is 2. The Morgan fingerprint density at radius 3 is 2.12 bits per heavy atom. The first-order valence-electron chi connectivity index (χ1n) is 9.80. The number of amides is 1. The largest absolute Gasteiger partial charge is 0.493 e. The lowest BCUT2D eigenvalue weighted by Gasteiger charge is -2.14. The van der Waals surface area contributed by atoms with E-state index in [-0.39, 0.29) is 16.5 Å². The molecule has 0 aliphatic rings. The minimum Gasteiger partial charge on any atom is -0.493 e. The molecule has 174 valence electrons. The summed E-state index contributed by atoms with van der Waals surface area (Å²) in [6.07, 6.45) is 0. The van der Waals surface area contributed by atoms with Crippen LogP contribution in [0.1, 0.15) is 6.92 Å². The van der Waals surface area contributed by atoms with Crippen molar-refractivity contribution in [1.82, 2.24) is 0 Å². The number of ether oxygens (including phenoxy) is 2. The third kappa shape index (κ3) is 6.39. The number of benzene rings is 3. The third-order valence-electron chi connectivity index (χ3n) is 4.57. The number of carbonyl (C=O) groups excluding carboxylic acids is 1. The van der Waals surface area contributed by atoms with Crippen molar-refractivity contribution < 1.29 is 27.1 Å². The number of thioether (sulfide) groups is 1. The van der Waals surface area contributed by atoms with Gasteiger partial charge in [0, 0.05) is 16.3 Å². The van der Waals surface area contributed by atoms with Crippen LogP contribution in [0.25, 0.3) is 0 Å². The van der Waals surface area contributed by atoms with Crippen LogP contribution in [0.15, 0.2) is 76.5 Å².